The van der Waals surface area contributed by atoms with E-state index in [0.717, 1.165) is 16.7 Å². The van der Waals surface area contributed by atoms with Gasteiger partial charge < -0.3 is 15.4 Å². The molecule has 0 bridgehead atoms. The van der Waals surface area contributed by atoms with E-state index in [4.69, 9.17) is 4.74 Å². The topological polar surface area (TPSA) is 84.5 Å². The first-order chi connectivity index (χ1) is 14.9. The van der Waals surface area contributed by atoms with Crippen LogP contribution in [0.3, 0.4) is 0 Å². The van der Waals surface area contributed by atoms with Gasteiger partial charge in [-0.3, -0.25) is 9.59 Å². The first-order valence-electron chi connectivity index (χ1n) is 9.98. The number of cyclic esters (lactones) is 1. The van der Waals surface area contributed by atoms with Gasteiger partial charge in [0.25, 0.3) is 5.91 Å². The third-order valence-corrected chi connectivity index (χ3v) is 5.15. The summed E-state index contributed by atoms with van der Waals surface area (Å²) in [6.45, 7) is 3.44. The Hall–Kier alpha value is -3.93. The van der Waals surface area contributed by atoms with Crippen molar-refractivity contribution < 1.29 is 19.1 Å². The van der Waals surface area contributed by atoms with E-state index in [1.807, 2.05) is 31.2 Å². The maximum absolute atomic E-state index is 12.7. The monoisotopic (exact) mass is 414 g/mol. The van der Waals surface area contributed by atoms with Crippen LogP contribution < -0.4 is 10.6 Å². The number of nitrogens with one attached hydrogen (secondary N) is 2. The lowest BCUT2D eigenvalue weighted by Gasteiger charge is -2.25. The summed E-state index contributed by atoms with van der Waals surface area (Å²) < 4.78 is 5.60. The number of esters is 1. The fourth-order valence-electron chi connectivity index (χ4n) is 3.55. The van der Waals surface area contributed by atoms with Crippen molar-refractivity contribution in [2.75, 3.05) is 10.6 Å². The van der Waals surface area contributed by atoms with Crippen molar-refractivity contribution in [3.8, 4) is 0 Å². The Bertz CT molecular complexity index is 1150. The lowest BCUT2D eigenvalue weighted by molar-refractivity contribution is -0.114. The van der Waals surface area contributed by atoms with E-state index in [9.17, 15) is 14.4 Å². The zero-order valence-corrected chi connectivity index (χ0v) is 17.3. The van der Waals surface area contributed by atoms with E-state index in [1.165, 1.54) is 6.92 Å². The van der Waals surface area contributed by atoms with Crippen LogP contribution in [0.2, 0.25) is 0 Å². The van der Waals surface area contributed by atoms with Gasteiger partial charge in [-0.1, -0.05) is 29.8 Å². The molecule has 31 heavy (non-hydrogen) atoms. The first-order valence-corrected chi connectivity index (χ1v) is 9.98. The molecular weight excluding hydrogens is 392 g/mol. The standard InChI is InChI=1S/C25H22N2O4/c1-15-3-5-17(6-4-15)23-14-19-13-18(7-12-22(19)25(30)31-23)24(29)27-21-10-8-20(9-11-21)26-16(2)28/h3-13,23H,14H2,1-2H3,(H,26,28)(H,27,29)/t23-/m1/s1. The molecule has 0 saturated carbocycles. The van der Waals surface area contributed by atoms with E-state index in [1.54, 1.807) is 42.5 Å². The van der Waals surface area contributed by atoms with Crippen LogP contribution in [0.4, 0.5) is 11.4 Å². The Morgan fingerprint density at radius 2 is 1.55 bits per heavy atom. The molecule has 6 nitrogen and oxygen atoms in total. The van der Waals surface area contributed by atoms with Crippen LogP contribution in [-0.4, -0.2) is 17.8 Å². The average Bonchev–Trinajstić information content (AvgIpc) is 2.75. The molecule has 0 radical (unpaired) electrons. The van der Waals surface area contributed by atoms with E-state index in [0.29, 0.717) is 28.9 Å². The van der Waals surface area contributed by atoms with Gasteiger partial charge in [0, 0.05) is 30.3 Å². The lowest BCUT2D eigenvalue weighted by atomic mass is 9.92. The third-order valence-electron chi connectivity index (χ3n) is 5.15. The molecule has 2 N–H and O–H groups in total. The summed E-state index contributed by atoms with van der Waals surface area (Å²) >= 11 is 0. The summed E-state index contributed by atoms with van der Waals surface area (Å²) in [6.07, 6.45) is 0.136. The predicted octanol–water partition coefficient (Wildman–Crippen LogP) is 4.66. The van der Waals surface area contributed by atoms with Crippen molar-refractivity contribution in [3.05, 3.63) is 94.5 Å². The highest BCUT2D eigenvalue weighted by molar-refractivity contribution is 6.05. The molecule has 1 aliphatic rings. The number of hydrogen-bond donors (Lipinski definition) is 2. The number of hydrogen-bond acceptors (Lipinski definition) is 4. The van der Waals surface area contributed by atoms with Crippen molar-refractivity contribution >= 4 is 29.2 Å². The average molecular weight is 414 g/mol. The summed E-state index contributed by atoms with van der Waals surface area (Å²) in [4.78, 5) is 36.3. The summed E-state index contributed by atoms with van der Waals surface area (Å²) in [5, 5.41) is 5.52. The number of amides is 2. The minimum Gasteiger partial charge on any atom is -0.454 e. The molecule has 0 spiro atoms. The Balaban J connectivity index is 1.51. The fourth-order valence-corrected chi connectivity index (χ4v) is 3.55. The Labute approximate surface area is 180 Å². The van der Waals surface area contributed by atoms with Crippen LogP contribution in [0.15, 0.2) is 66.7 Å². The minimum atomic E-state index is -0.382. The molecule has 0 fully saturated rings. The van der Waals surface area contributed by atoms with Crippen LogP contribution in [0.5, 0.6) is 0 Å². The molecule has 6 heteroatoms. The van der Waals surface area contributed by atoms with Gasteiger partial charge in [-0.25, -0.2) is 4.79 Å². The van der Waals surface area contributed by atoms with Gasteiger partial charge in [-0.05, 0) is 60.5 Å². The molecule has 1 aliphatic heterocycles. The summed E-state index contributed by atoms with van der Waals surface area (Å²) in [5.74, 6) is -0.818. The number of carbonyl (C=O) groups is 3. The highest BCUT2D eigenvalue weighted by atomic mass is 16.5. The molecule has 156 valence electrons. The zero-order chi connectivity index (χ0) is 22.0. The highest BCUT2D eigenvalue weighted by Gasteiger charge is 2.28. The maximum Gasteiger partial charge on any atom is 0.339 e. The normalized spacial score (nSPS) is 14.9. The van der Waals surface area contributed by atoms with Gasteiger partial charge in [-0.15, -0.1) is 0 Å². The van der Waals surface area contributed by atoms with Gasteiger partial charge in [-0.2, -0.15) is 0 Å². The maximum atomic E-state index is 12.7. The van der Waals surface area contributed by atoms with Gasteiger partial charge in [0.15, 0.2) is 0 Å². The minimum absolute atomic E-state index is 0.159. The number of anilines is 2. The number of ether oxygens (including phenoxy) is 1. The smallest absolute Gasteiger partial charge is 0.339 e. The molecule has 4 rings (SSSR count). The van der Waals surface area contributed by atoms with Gasteiger partial charge >= 0.3 is 5.97 Å². The predicted molar refractivity (Wildman–Crippen MR) is 118 cm³/mol. The van der Waals surface area contributed by atoms with Crippen LogP contribution in [0.1, 0.15) is 50.4 Å². The molecule has 3 aromatic rings. The lowest BCUT2D eigenvalue weighted by Crippen LogP contribution is -2.23. The van der Waals surface area contributed by atoms with Crippen molar-refractivity contribution in [3.63, 3.8) is 0 Å². The molecular formula is C25H22N2O4. The highest BCUT2D eigenvalue weighted by Crippen LogP contribution is 2.31. The first kappa shape index (κ1) is 20.3. The quantitative estimate of drug-likeness (QED) is 0.608. The van der Waals surface area contributed by atoms with Crippen LogP contribution >= 0.6 is 0 Å². The van der Waals surface area contributed by atoms with Crippen molar-refractivity contribution in [1.82, 2.24) is 0 Å². The second-order valence-corrected chi connectivity index (χ2v) is 7.59. The second-order valence-electron chi connectivity index (χ2n) is 7.59. The van der Waals surface area contributed by atoms with Crippen molar-refractivity contribution in [1.29, 1.82) is 0 Å². The molecule has 0 aliphatic carbocycles. The van der Waals surface area contributed by atoms with Gasteiger partial charge in [0.2, 0.25) is 5.91 Å². The molecule has 1 atom stereocenters. The summed E-state index contributed by atoms with van der Waals surface area (Å²) in [7, 11) is 0. The summed E-state index contributed by atoms with van der Waals surface area (Å²) in [6, 6.07) is 19.7. The molecule has 3 aromatic carbocycles. The molecule has 1 heterocycles. The van der Waals surface area contributed by atoms with Crippen molar-refractivity contribution in [2.45, 2.75) is 26.4 Å². The Morgan fingerprint density at radius 3 is 2.19 bits per heavy atom. The van der Waals surface area contributed by atoms with E-state index >= 15 is 0 Å². The number of rotatable bonds is 4. The van der Waals surface area contributed by atoms with Crippen LogP contribution in [0.25, 0.3) is 0 Å². The van der Waals surface area contributed by atoms with Gasteiger partial charge in [0.1, 0.15) is 6.10 Å². The Morgan fingerprint density at radius 1 is 0.903 bits per heavy atom. The Kier molecular flexibility index (Phi) is 5.54. The fraction of sp³-hybridized carbons (Fsp3) is 0.160. The zero-order valence-electron chi connectivity index (χ0n) is 17.3. The number of aryl methyl sites for hydroxylation is 1. The molecule has 0 aromatic heterocycles. The van der Waals surface area contributed by atoms with E-state index in [-0.39, 0.29) is 23.9 Å². The molecule has 2 amide bonds. The van der Waals surface area contributed by atoms with Crippen LogP contribution in [0, 0.1) is 6.92 Å². The molecule has 0 unspecified atom stereocenters. The van der Waals surface area contributed by atoms with E-state index < -0.39 is 0 Å². The number of benzene rings is 3. The number of carbonyl (C=O) groups excluding carboxylic acids is 3. The van der Waals surface area contributed by atoms with E-state index in [2.05, 4.69) is 10.6 Å². The largest absolute Gasteiger partial charge is 0.454 e. The SMILES string of the molecule is CC(=O)Nc1ccc(NC(=O)c2ccc3c(c2)C[C@H](c2ccc(C)cc2)OC3=O)cc1. The van der Waals surface area contributed by atoms with Crippen LogP contribution in [-0.2, 0) is 16.0 Å². The van der Waals surface area contributed by atoms with Gasteiger partial charge in [0.05, 0.1) is 5.56 Å². The number of fused-ring (bicyclic) bond motifs is 1. The second kappa shape index (κ2) is 8.44. The summed E-state index contributed by atoms with van der Waals surface area (Å²) in [5.41, 5.74) is 5.06. The molecule has 0 saturated heterocycles. The third kappa shape index (κ3) is 4.64. The van der Waals surface area contributed by atoms with Crippen molar-refractivity contribution in [2.24, 2.45) is 0 Å².